The van der Waals surface area contributed by atoms with E-state index < -0.39 is 10.1 Å². The molecule has 0 aromatic heterocycles. The molecule has 5 heteroatoms. The minimum absolute atomic E-state index is 0.235. The summed E-state index contributed by atoms with van der Waals surface area (Å²) in [6.45, 7) is 4.61. The van der Waals surface area contributed by atoms with Crippen molar-refractivity contribution in [1.29, 1.82) is 0 Å². The molecule has 0 aliphatic carbocycles. The maximum Gasteiger partial charge on any atom is 0.313 e. The van der Waals surface area contributed by atoms with Gasteiger partial charge < -0.3 is 0 Å². The number of rotatable bonds is 3. The van der Waals surface area contributed by atoms with Gasteiger partial charge in [0.1, 0.15) is 0 Å². The smallest absolute Gasteiger partial charge is 0.192 e. The molecule has 0 spiro atoms. The molecule has 1 aliphatic rings. The highest BCUT2D eigenvalue weighted by molar-refractivity contribution is 7.86. The molecular weight excluding hydrogens is 286 g/mol. The Balaban J connectivity index is 1.84. The zero-order chi connectivity index (χ0) is 15.0. The highest BCUT2D eigenvalue weighted by Crippen LogP contribution is 2.26. The molecule has 21 heavy (non-hydrogen) atoms. The molecule has 3 rings (SSSR count). The Bertz CT molecular complexity index is 759. The molecule has 2 aromatic carbocycles. The van der Waals surface area contributed by atoms with Crippen LogP contribution in [0.25, 0.3) is 0 Å². The highest BCUT2D eigenvalue weighted by Gasteiger charge is 2.27. The van der Waals surface area contributed by atoms with Crippen molar-refractivity contribution < 1.29 is 12.7 Å². The summed E-state index contributed by atoms with van der Waals surface area (Å²) in [5.74, 6) is 0. The van der Waals surface area contributed by atoms with Gasteiger partial charge in [0.2, 0.25) is 0 Å². The third-order valence-corrected chi connectivity index (χ3v) is 5.01. The highest BCUT2D eigenvalue weighted by atomic mass is 32.2. The number of nitrogens with zero attached hydrogens (tertiary/aromatic N) is 1. The van der Waals surface area contributed by atoms with Crippen molar-refractivity contribution in [3.05, 3.63) is 64.7 Å². The standard InChI is InChI=1S/C16H17NO3S/c1-12-7-8-13(2)16(9-12)21(18,19)20-17-10-14-5-3-4-6-15(14)11-17/h3-9H,10-11H2,1-2H3. The first-order valence-electron chi connectivity index (χ1n) is 6.79. The first-order valence-corrected chi connectivity index (χ1v) is 8.20. The van der Waals surface area contributed by atoms with E-state index in [0.717, 1.165) is 16.7 Å². The van der Waals surface area contributed by atoms with Gasteiger partial charge >= 0.3 is 10.1 Å². The fourth-order valence-electron chi connectivity index (χ4n) is 2.51. The lowest BCUT2D eigenvalue weighted by atomic mass is 10.1. The molecule has 0 radical (unpaired) electrons. The fraction of sp³-hybridized carbons (Fsp3) is 0.250. The Morgan fingerprint density at radius 1 is 1.00 bits per heavy atom. The van der Waals surface area contributed by atoms with E-state index in [-0.39, 0.29) is 4.90 Å². The van der Waals surface area contributed by atoms with Crippen molar-refractivity contribution in [2.24, 2.45) is 0 Å². The summed E-state index contributed by atoms with van der Waals surface area (Å²) < 4.78 is 30.2. The fourth-order valence-corrected chi connectivity index (χ4v) is 3.77. The number of benzene rings is 2. The number of hydrogen-bond acceptors (Lipinski definition) is 4. The van der Waals surface area contributed by atoms with Gasteiger partial charge in [-0.25, -0.2) is 0 Å². The van der Waals surface area contributed by atoms with Gasteiger partial charge in [-0.05, 0) is 42.2 Å². The topological polar surface area (TPSA) is 46.6 Å². The summed E-state index contributed by atoms with van der Waals surface area (Å²) in [7, 11) is -3.79. The second-order valence-electron chi connectivity index (χ2n) is 5.36. The zero-order valence-electron chi connectivity index (χ0n) is 12.0. The van der Waals surface area contributed by atoms with Crippen LogP contribution < -0.4 is 0 Å². The van der Waals surface area contributed by atoms with Gasteiger partial charge in [-0.3, -0.25) is 0 Å². The lowest BCUT2D eigenvalue weighted by molar-refractivity contribution is -0.0572. The largest absolute Gasteiger partial charge is 0.313 e. The van der Waals surface area contributed by atoms with E-state index in [0.29, 0.717) is 18.7 Å². The second-order valence-corrected chi connectivity index (χ2v) is 6.86. The summed E-state index contributed by atoms with van der Waals surface area (Å²) in [4.78, 5) is 0.235. The van der Waals surface area contributed by atoms with Gasteiger partial charge in [-0.1, -0.05) is 36.4 Å². The monoisotopic (exact) mass is 303 g/mol. The predicted molar refractivity (Wildman–Crippen MR) is 79.9 cm³/mol. The maximum atomic E-state index is 12.4. The first-order chi connectivity index (χ1) is 9.95. The average Bonchev–Trinajstić information content (AvgIpc) is 2.82. The minimum Gasteiger partial charge on any atom is -0.192 e. The summed E-state index contributed by atoms with van der Waals surface area (Å²) in [5, 5.41) is 1.49. The van der Waals surface area contributed by atoms with Gasteiger partial charge in [0.15, 0.2) is 0 Å². The number of hydrogen-bond donors (Lipinski definition) is 0. The van der Waals surface area contributed by atoms with E-state index in [1.807, 2.05) is 37.3 Å². The zero-order valence-corrected chi connectivity index (χ0v) is 12.9. The summed E-state index contributed by atoms with van der Waals surface area (Å²) in [6.07, 6.45) is 0. The Morgan fingerprint density at radius 3 is 2.24 bits per heavy atom. The molecule has 1 heterocycles. The number of aryl methyl sites for hydroxylation is 2. The second kappa shape index (κ2) is 5.26. The molecular formula is C16H17NO3S. The molecule has 0 saturated carbocycles. The van der Waals surface area contributed by atoms with E-state index >= 15 is 0 Å². The molecule has 4 nitrogen and oxygen atoms in total. The van der Waals surface area contributed by atoms with Crippen LogP contribution in [-0.2, 0) is 27.5 Å². The molecule has 110 valence electrons. The first kappa shape index (κ1) is 14.3. The predicted octanol–water partition coefficient (Wildman–Crippen LogP) is 2.94. The van der Waals surface area contributed by atoms with Crippen LogP contribution in [0.15, 0.2) is 47.4 Å². The van der Waals surface area contributed by atoms with Crippen molar-refractivity contribution in [3.63, 3.8) is 0 Å². The third kappa shape index (κ3) is 2.85. The summed E-state index contributed by atoms with van der Waals surface area (Å²) >= 11 is 0. The van der Waals surface area contributed by atoms with E-state index in [1.54, 1.807) is 19.1 Å². The lowest BCUT2D eigenvalue weighted by Gasteiger charge is -2.15. The van der Waals surface area contributed by atoms with Crippen LogP contribution in [0.1, 0.15) is 22.3 Å². The van der Waals surface area contributed by atoms with Crippen molar-refractivity contribution in [1.82, 2.24) is 5.06 Å². The Kier molecular flexibility index (Phi) is 3.57. The van der Waals surface area contributed by atoms with Crippen LogP contribution in [0, 0.1) is 13.8 Å². The molecule has 0 saturated heterocycles. The van der Waals surface area contributed by atoms with Crippen LogP contribution >= 0.6 is 0 Å². The van der Waals surface area contributed by atoms with Crippen LogP contribution in [0.5, 0.6) is 0 Å². The van der Waals surface area contributed by atoms with Crippen molar-refractivity contribution in [2.75, 3.05) is 0 Å². The number of fused-ring (bicyclic) bond motifs is 1. The van der Waals surface area contributed by atoms with E-state index in [4.69, 9.17) is 4.28 Å². The number of hydroxylamine groups is 2. The van der Waals surface area contributed by atoms with Crippen LogP contribution in [0.4, 0.5) is 0 Å². The Hall–Kier alpha value is -1.69. The summed E-state index contributed by atoms with van der Waals surface area (Å²) in [5.41, 5.74) is 3.80. The van der Waals surface area contributed by atoms with Crippen molar-refractivity contribution in [2.45, 2.75) is 31.8 Å². The van der Waals surface area contributed by atoms with Gasteiger partial charge in [0, 0.05) is 0 Å². The molecule has 1 aliphatic heterocycles. The van der Waals surface area contributed by atoms with E-state index in [9.17, 15) is 8.42 Å². The van der Waals surface area contributed by atoms with Crippen LogP contribution in [0.2, 0.25) is 0 Å². The Morgan fingerprint density at radius 2 is 1.62 bits per heavy atom. The van der Waals surface area contributed by atoms with Gasteiger partial charge in [-0.2, -0.15) is 17.8 Å². The maximum absolute atomic E-state index is 12.4. The van der Waals surface area contributed by atoms with Crippen LogP contribution in [-0.4, -0.2) is 13.5 Å². The molecule has 0 fully saturated rings. The minimum atomic E-state index is -3.79. The van der Waals surface area contributed by atoms with Gasteiger partial charge in [-0.15, -0.1) is 0 Å². The molecule has 0 amide bonds. The van der Waals surface area contributed by atoms with Gasteiger partial charge in [0.25, 0.3) is 0 Å². The lowest BCUT2D eigenvalue weighted by Crippen LogP contribution is -2.22. The molecule has 0 unspecified atom stereocenters. The molecule has 2 aromatic rings. The molecule has 0 bridgehead atoms. The van der Waals surface area contributed by atoms with Crippen LogP contribution in [0.3, 0.4) is 0 Å². The molecule has 0 atom stereocenters. The van der Waals surface area contributed by atoms with Gasteiger partial charge in [0.05, 0.1) is 18.0 Å². The average molecular weight is 303 g/mol. The Labute approximate surface area is 125 Å². The van der Waals surface area contributed by atoms with Crippen molar-refractivity contribution in [3.8, 4) is 0 Å². The molecule has 0 N–H and O–H groups in total. The normalized spacial score (nSPS) is 15.1. The summed E-state index contributed by atoms with van der Waals surface area (Å²) in [6, 6.07) is 13.2. The van der Waals surface area contributed by atoms with E-state index in [2.05, 4.69) is 0 Å². The third-order valence-electron chi connectivity index (χ3n) is 3.63. The van der Waals surface area contributed by atoms with Crippen molar-refractivity contribution >= 4 is 10.1 Å². The van der Waals surface area contributed by atoms with E-state index in [1.165, 1.54) is 5.06 Å². The quantitative estimate of drug-likeness (QED) is 0.874. The SMILES string of the molecule is Cc1ccc(C)c(S(=O)(=O)ON2Cc3ccccc3C2)c1.